The van der Waals surface area contributed by atoms with Crippen molar-refractivity contribution in [2.24, 2.45) is 5.41 Å². The highest BCUT2D eigenvalue weighted by Gasteiger charge is 2.38. The molecule has 1 heterocycles. The van der Waals surface area contributed by atoms with Gasteiger partial charge in [0.2, 0.25) is 0 Å². The van der Waals surface area contributed by atoms with Gasteiger partial charge in [0.1, 0.15) is 0 Å². The standard InChI is InChI=1S/C8H13O/c1-2-4-8(5-3-1)6-9-7-8/h1H,2-7H2. The molecule has 2 fully saturated rings. The van der Waals surface area contributed by atoms with Gasteiger partial charge in [-0.25, -0.2) is 0 Å². The summed E-state index contributed by atoms with van der Waals surface area (Å²) in [7, 11) is 0. The molecule has 1 radical (unpaired) electrons. The second-order valence-electron chi connectivity index (χ2n) is 3.36. The maximum Gasteiger partial charge on any atom is 0.0544 e. The zero-order chi connectivity index (χ0) is 6.16. The fourth-order valence-corrected chi connectivity index (χ4v) is 1.77. The Hall–Kier alpha value is -0.0400. The lowest BCUT2D eigenvalue weighted by Gasteiger charge is -2.44. The van der Waals surface area contributed by atoms with Crippen LogP contribution in [0.2, 0.25) is 0 Å². The number of hydrogen-bond acceptors (Lipinski definition) is 1. The fourth-order valence-electron chi connectivity index (χ4n) is 1.77. The van der Waals surface area contributed by atoms with Crippen LogP contribution in [0.15, 0.2) is 0 Å². The molecule has 0 bridgehead atoms. The maximum atomic E-state index is 5.20. The Morgan fingerprint density at radius 3 is 2.11 bits per heavy atom. The van der Waals surface area contributed by atoms with Crippen LogP contribution in [0.1, 0.15) is 25.7 Å². The lowest BCUT2D eigenvalue weighted by Crippen LogP contribution is -2.43. The van der Waals surface area contributed by atoms with Gasteiger partial charge in [-0.1, -0.05) is 0 Å². The Bertz CT molecular complexity index is 97.1. The number of rotatable bonds is 0. The summed E-state index contributed by atoms with van der Waals surface area (Å²) in [6.07, 6.45) is 7.82. The number of ether oxygens (including phenoxy) is 1. The predicted molar refractivity (Wildman–Crippen MR) is 36.0 cm³/mol. The molecule has 9 heavy (non-hydrogen) atoms. The van der Waals surface area contributed by atoms with Gasteiger partial charge in [0.25, 0.3) is 0 Å². The Balaban J connectivity index is 1.93. The minimum Gasteiger partial charge on any atom is -0.380 e. The summed E-state index contributed by atoms with van der Waals surface area (Å²) in [6, 6.07) is 0. The van der Waals surface area contributed by atoms with Gasteiger partial charge < -0.3 is 4.74 Å². The molecule has 1 nitrogen and oxygen atoms in total. The second kappa shape index (κ2) is 1.98. The summed E-state index contributed by atoms with van der Waals surface area (Å²) >= 11 is 0. The van der Waals surface area contributed by atoms with Crippen molar-refractivity contribution in [3.63, 3.8) is 0 Å². The molecule has 0 aromatic carbocycles. The van der Waals surface area contributed by atoms with Crippen LogP contribution < -0.4 is 0 Å². The highest BCUT2D eigenvalue weighted by molar-refractivity contribution is 4.92. The van der Waals surface area contributed by atoms with E-state index in [-0.39, 0.29) is 0 Å². The third-order valence-corrected chi connectivity index (χ3v) is 2.57. The maximum absolute atomic E-state index is 5.20. The van der Waals surface area contributed by atoms with E-state index < -0.39 is 0 Å². The van der Waals surface area contributed by atoms with E-state index in [1.807, 2.05) is 0 Å². The molecule has 2 aliphatic rings. The van der Waals surface area contributed by atoms with Gasteiger partial charge in [0, 0.05) is 5.41 Å². The van der Waals surface area contributed by atoms with Crippen molar-refractivity contribution >= 4 is 0 Å². The lowest BCUT2D eigenvalue weighted by atomic mass is 9.73. The zero-order valence-electron chi connectivity index (χ0n) is 5.73. The van der Waals surface area contributed by atoms with Crippen LogP contribution in [0, 0.1) is 11.8 Å². The largest absolute Gasteiger partial charge is 0.380 e. The third-order valence-electron chi connectivity index (χ3n) is 2.57. The average Bonchev–Trinajstić information content (AvgIpc) is 1.87. The van der Waals surface area contributed by atoms with Crippen LogP contribution in [0.4, 0.5) is 0 Å². The van der Waals surface area contributed by atoms with Crippen LogP contribution in [0.5, 0.6) is 0 Å². The molecule has 0 amide bonds. The molecule has 0 aromatic heterocycles. The van der Waals surface area contributed by atoms with E-state index in [9.17, 15) is 0 Å². The molecule has 2 rings (SSSR count). The minimum absolute atomic E-state index is 0.648. The normalized spacial score (nSPS) is 32.0. The molecule has 1 saturated carbocycles. The summed E-state index contributed by atoms with van der Waals surface area (Å²) in [5.74, 6) is 0. The van der Waals surface area contributed by atoms with Crippen LogP contribution in [-0.2, 0) is 4.74 Å². The molecular weight excluding hydrogens is 112 g/mol. The van der Waals surface area contributed by atoms with Gasteiger partial charge in [-0.3, -0.25) is 0 Å². The van der Waals surface area contributed by atoms with Gasteiger partial charge in [-0.15, -0.1) is 0 Å². The third kappa shape index (κ3) is 0.877. The molecule has 1 saturated heterocycles. The smallest absolute Gasteiger partial charge is 0.0544 e. The number of hydrogen-bond donors (Lipinski definition) is 0. The summed E-state index contributed by atoms with van der Waals surface area (Å²) in [5.41, 5.74) is 0.648. The van der Waals surface area contributed by atoms with Crippen molar-refractivity contribution in [2.45, 2.75) is 25.7 Å². The molecule has 51 valence electrons. The summed E-state index contributed by atoms with van der Waals surface area (Å²) in [4.78, 5) is 0. The fraction of sp³-hybridized carbons (Fsp3) is 0.875. The first kappa shape index (κ1) is 5.72. The van der Waals surface area contributed by atoms with Crippen molar-refractivity contribution in [2.75, 3.05) is 13.2 Å². The first-order valence-corrected chi connectivity index (χ1v) is 3.81. The molecule has 0 atom stereocenters. The van der Waals surface area contributed by atoms with Gasteiger partial charge in [0.15, 0.2) is 0 Å². The monoisotopic (exact) mass is 125 g/mol. The summed E-state index contributed by atoms with van der Waals surface area (Å²) < 4.78 is 5.20. The van der Waals surface area contributed by atoms with E-state index in [1.165, 1.54) is 25.7 Å². The van der Waals surface area contributed by atoms with Crippen molar-refractivity contribution in [1.82, 2.24) is 0 Å². The highest BCUT2D eigenvalue weighted by Crippen LogP contribution is 2.41. The quantitative estimate of drug-likeness (QED) is 0.479. The Morgan fingerprint density at radius 1 is 1.11 bits per heavy atom. The van der Waals surface area contributed by atoms with Crippen LogP contribution in [0.3, 0.4) is 0 Å². The molecule has 0 N–H and O–H groups in total. The van der Waals surface area contributed by atoms with Gasteiger partial charge in [-0.05, 0) is 32.1 Å². The second-order valence-corrected chi connectivity index (χ2v) is 3.36. The lowest BCUT2D eigenvalue weighted by molar-refractivity contribution is -0.126. The van der Waals surface area contributed by atoms with E-state index in [2.05, 4.69) is 6.42 Å². The van der Waals surface area contributed by atoms with Gasteiger partial charge in [-0.2, -0.15) is 0 Å². The first-order valence-electron chi connectivity index (χ1n) is 3.81. The molecular formula is C8H13O. The van der Waals surface area contributed by atoms with Crippen LogP contribution >= 0.6 is 0 Å². The van der Waals surface area contributed by atoms with Crippen molar-refractivity contribution < 1.29 is 4.74 Å². The average molecular weight is 125 g/mol. The van der Waals surface area contributed by atoms with Gasteiger partial charge >= 0.3 is 0 Å². The zero-order valence-corrected chi connectivity index (χ0v) is 5.73. The molecule has 1 spiro atoms. The molecule has 0 unspecified atom stereocenters. The SMILES string of the molecule is [CH]1CCC2(CC1)COC2. The van der Waals surface area contributed by atoms with E-state index in [1.54, 1.807) is 0 Å². The van der Waals surface area contributed by atoms with E-state index in [0.717, 1.165) is 13.2 Å². The van der Waals surface area contributed by atoms with E-state index in [4.69, 9.17) is 4.74 Å². The summed E-state index contributed by atoms with van der Waals surface area (Å²) in [6.45, 7) is 2.08. The van der Waals surface area contributed by atoms with Gasteiger partial charge in [0.05, 0.1) is 13.2 Å². The van der Waals surface area contributed by atoms with Crippen molar-refractivity contribution in [1.29, 1.82) is 0 Å². The Morgan fingerprint density at radius 2 is 1.78 bits per heavy atom. The van der Waals surface area contributed by atoms with Crippen molar-refractivity contribution in [3.05, 3.63) is 6.42 Å². The van der Waals surface area contributed by atoms with E-state index >= 15 is 0 Å². The van der Waals surface area contributed by atoms with Crippen LogP contribution in [0.25, 0.3) is 0 Å². The topological polar surface area (TPSA) is 9.23 Å². The summed E-state index contributed by atoms with van der Waals surface area (Å²) in [5, 5.41) is 0. The molecule has 1 aliphatic heterocycles. The predicted octanol–water partition coefficient (Wildman–Crippen LogP) is 1.78. The highest BCUT2D eigenvalue weighted by atomic mass is 16.5. The van der Waals surface area contributed by atoms with Crippen molar-refractivity contribution in [3.8, 4) is 0 Å². The van der Waals surface area contributed by atoms with Crippen LogP contribution in [-0.4, -0.2) is 13.2 Å². The molecule has 1 aliphatic carbocycles. The van der Waals surface area contributed by atoms with E-state index in [0.29, 0.717) is 5.41 Å². The Kier molecular flexibility index (Phi) is 1.26. The first-order chi connectivity index (χ1) is 4.41. The molecule has 1 heteroatoms. The molecule has 0 aromatic rings. The Labute approximate surface area is 56.4 Å². The minimum atomic E-state index is 0.648.